The van der Waals surface area contributed by atoms with Crippen LogP contribution in [0.15, 0.2) is 4.99 Å². The van der Waals surface area contributed by atoms with Crippen LogP contribution in [0.3, 0.4) is 0 Å². The molecule has 0 aliphatic rings. The molecule has 0 fully saturated rings. The first-order valence-electron chi connectivity index (χ1n) is 9.74. The Morgan fingerprint density at radius 1 is 0.962 bits per heavy atom. The SMILES string of the molecule is CN=C(NCCCNC(=O)OC(C)(C)C)NCCCN(C(C)C)C(C)C. The van der Waals surface area contributed by atoms with Crippen LogP contribution in [-0.4, -0.2) is 67.9 Å². The molecule has 26 heavy (non-hydrogen) atoms. The quantitative estimate of drug-likeness (QED) is 0.312. The maximum Gasteiger partial charge on any atom is 0.407 e. The molecular weight excluding hydrogens is 330 g/mol. The third kappa shape index (κ3) is 12.8. The Morgan fingerprint density at radius 2 is 1.46 bits per heavy atom. The summed E-state index contributed by atoms with van der Waals surface area (Å²) < 4.78 is 5.19. The first kappa shape index (κ1) is 24.5. The molecule has 0 spiro atoms. The predicted molar refractivity (Wildman–Crippen MR) is 110 cm³/mol. The Kier molecular flexibility index (Phi) is 12.1. The Hall–Kier alpha value is -1.50. The van der Waals surface area contributed by atoms with Crippen LogP contribution in [0.2, 0.25) is 0 Å². The van der Waals surface area contributed by atoms with Gasteiger partial charge in [-0.15, -0.1) is 0 Å². The maximum absolute atomic E-state index is 11.5. The van der Waals surface area contributed by atoms with Crippen LogP contribution in [0.5, 0.6) is 0 Å². The average molecular weight is 372 g/mol. The number of aliphatic imine (C=N–C) groups is 1. The van der Waals surface area contributed by atoms with Gasteiger partial charge in [-0.2, -0.15) is 0 Å². The Balaban J connectivity index is 3.86. The van der Waals surface area contributed by atoms with E-state index in [2.05, 4.69) is 53.5 Å². The van der Waals surface area contributed by atoms with E-state index in [4.69, 9.17) is 4.74 Å². The van der Waals surface area contributed by atoms with Crippen molar-refractivity contribution < 1.29 is 9.53 Å². The van der Waals surface area contributed by atoms with Gasteiger partial charge in [0.25, 0.3) is 0 Å². The fourth-order valence-corrected chi connectivity index (χ4v) is 2.60. The van der Waals surface area contributed by atoms with E-state index < -0.39 is 5.60 Å². The van der Waals surface area contributed by atoms with Gasteiger partial charge in [0.15, 0.2) is 5.96 Å². The number of carbonyl (C=O) groups is 1. The lowest BCUT2D eigenvalue weighted by atomic mass is 10.2. The van der Waals surface area contributed by atoms with Gasteiger partial charge >= 0.3 is 6.09 Å². The number of carbonyl (C=O) groups excluding carboxylic acids is 1. The van der Waals surface area contributed by atoms with Crippen LogP contribution < -0.4 is 16.0 Å². The summed E-state index contributed by atoms with van der Waals surface area (Å²) in [6.07, 6.45) is 1.49. The number of alkyl carbamates (subject to hydrolysis) is 1. The largest absolute Gasteiger partial charge is 0.444 e. The molecule has 154 valence electrons. The molecule has 0 radical (unpaired) electrons. The lowest BCUT2D eigenvalue weighted by Crippen LogP contribution is -2.42. The minimum atomic E-state index is -0.463. The molecular formula is C19H41N5O2. The number of hydrogen-bond donors (Lipinski definition) is 3. The van der Waals surface area contributed by atoms with Crippen molar-refractivity contribution in [3.8, 4) is 0 Å². The number of rotatable bonds is 10. The fourth-order valence-electron chi connectivity index (χ4n) is 2.60. The molecule has 0 heterocycles. The molecule has 0 unspecified atom stereocenters. The highest BCUT2D eigenvalue weighted by Gasteiger charge is 2.15. The third-order valence-electron chi connectivity index (χ3n) is 3.75. The molecule has 0 atom stereocenters. The second-order valence-corrected chi connectivity index (χ2v) is 7.99. The van der Waals surface area contributed by atoms with E-state index in [1.165, 1.54) is 0 Å². The van der Waals surface area contributed by atoms with E-state index in [1.807, 2.05) is 20.8 Å². The molecule has 0 aliphatic heterocycles. The van der Waals surface area contributed by atoms with Gasteiger partial charge in [0.2, 0.25) is 0 Å². The molecule has 0 rings (SSSR count). The van der Waals surface area contributed by atoms with E-state index in [9.17, 15) is 4.79 Å². The second-order valence-electron chi connectivity index (χ2n) is 7.99. The Labute approximate surface area is 160 Å². The molecule has 0 saturated carbocycles. The van der Waals surface area contributed by atoms with E-state index in [-0.39, 0.29) is 6.09 Å². The predicted octanol–water partition coefficient (Wildman–Crippen LogP) is 2.58. The summed E-state index contributed by atoms with van der Waals surface area (Å²) in [7, 11) is 1.77. The standard InChI is InChI=1S/C19H41N5O2/c1-15(2)24(16(3)4)14-10-13-22-17(20-8)21-11-9-12-23-18(25)26-19(5,6)7/h15-16H,9-14H2,1-8H3,(H,23,25)(H2,20,21,22). The zero-order chi connectivity index (χ0) is 20.2. The molecule has 0 bridgehead atoms. The number of hydrogen-bond acceptors (Lipinski definition) is 4. The first-order chi connectivity index (χ1) is 12.1. The van der Waals surface area contributed by atoms with Gasteiger partial charge in [0, 0.05) is 45.3 Å². The monoisotopic (exact) mass is 371 g/mol. The number of guanidine groups is 1. The van der Waals surface area contributed by atoms with Crippen molar-refractivity contribution in [3.05, 3.63) is 0 Å². The normalized spacial score (nSPS) is 12.7. The highest BCUT2D eigenvalue weighted by molar-refractivity contribution is 5.79. The van der Waals surface area contributed by atoms with Crippen molar-refractivity contribution in [2.45, 2.75) is 79.0 Å². The van der Waals surface area contributed by atoms with Crippen LogP contribution >= 0.6 is 0 Å². The van der Waals surface area contributed by atoms with Gasteiger partial charge in [0.05, 0.1) is 0 Å². The summed E-state index contributed by atoms with van der Waals surface area (Å²) >= 11 is 0. The zero-order valence-corrected chi connectivity index (χ0v) is 18.1. The Bertz CT molecular complexity index is 409. The van der Waals surface area contributed by atoms with Crippen molar-refractivity contribution in [3.63, 3.8) is 0 Å². The van der Waals surface area contributed by atoms with E-state index in [0.29, 0.717) is 18.6 Å². The minimum absolute atomic E-state index is 0.375. The van der Waals surface area contributed by atoms with Crippen LogP contribution in [-0.2, 0) is 4.74 Å². The smallest absolute Gasteiger partial charge is 0.407 e. The summed E-state index contributed by atoms with van der Waals surface area (Å²) in [4.78, 5) is 18.3. The lowest BCUT2D eigenvalue weighted by molar-refractivity contribution is 0.0527. The fraction of sp³-hybridized carbons (Fsp3) is 0.895. The van der Waals surface area contributed by atoms with Crippen molar-refractivity contribution in [2.75, 3.05) is 33.2 Å². The van der Waals surface area contributed by atoms with Crippen LogP contribution in [0.25, 0.3) is 0 Å². The van der Waals surface area contributed by atoms with Crippen molar-refractivity contribution in [1.82, 2.24) is 20.9 Å². The van der Waals surface area contributed by atoms with Gasteiger partial charge in [0.1, 0.15) is 5.60 Å². The number of ether oxygens (including phenoxy) is 1. The summed E-state index contributed by atoms with van der Waals surface area (Å²) in [6.45, 7) is 17.8. The van der Waals surface area contributed by atoms with Gasteiger partial charge in [-0.1, -0.05) is 0 Å². The van der Waals surface area contributed by atoms with Crippen LogP contribution in [0, 0.1) is 0 Å². The van der Waals surface area contributed by atoms with Crippen molar-refractivity contribution >= 4 is 12.1 Å². The minimum Gasteiger partial charge on any atom is -0.444 e. The summed E-state index contributed by atoms with van der Waals surface area (Å²) in [6, 6.07) is 1.12. The molecule has 7 nitrogen and oxygen atoms in total. The van der Waals surface area contributed by atoms with Gasteiger partial charge in [-0.05, 0) is 61.3 Å². The molecule has 1 amide bonds. The van der Waals surface area contributed by atoms with Crippen molar-refractivity contribution in [1.29, 1.82) is 0 Å². The van der Waals surface area contributed by atoms with E-state index >= 15 is 0 Å². The van der Waals surface area contributed by atoms with E-state index in [0.717, 1.165) is 38.4 Å². The average Bonchev–Trinajstić information content (AvgIpc) is 2.49. The molecule has 0 aromatic heterocycles. The van der Waals surface area contributed by atoms with Crippen LogP contribution in [0.1, 0.15) is 61.3 Å². The summed E-state index contributed by atoms with van der Waals surface area (Å²) in [5.74, 6) is 0.794. The second kappa shape index (κ2) is 12.8. The Morgan fingerprint density at radius 3 is 1.92 bits per heavy atom. The highest BCUT2D eigenvalue weighted by atomic mass is 16.6. The first-order valence-corrected chi connectivity index (χ1v) is 9.74. The molecule has 0 aromatic carbocycles. The molecule has 7 heteroatoms. The lowest BCUT2D eigenvalue weighted by Gasteiger charge is -2.30. The molecule has 0 saturated heterocycles. The zero-order valence-electron chi connectivity index (χ0n) is 18.1. The maximum atomic E-state index is 11.5. The van der Waals surface area contributed by atoms with E-state index in [1.54, 1.807) is 7.05 Å². The van der Waals surface area contributed by atoms with Crippen molar-refractivity contribution in [2.24, 2.45) is 4.99 Å². The number of nitrogens with zero attached hydrogens (tertiary/aromatic N) is 2. The molecule has 0 aliphatic carbocycles. The highest BCUT2D eigenvalue weighted by Crippen LogP contribution is 2.06. The van der Waals surface area contributed by atoms with Gasteiger partial charge < -0.3 is 20.7 Å². The number of amides is 1. The van der Waals surface area contributed by atoms with Gasteiger partial charge in [-0.25, -0.2) is 4.79 Å². The summed E-state index contributed by atoms with van der Waals surface area (Å²) in [5, 5.41) is 9.34. The topological polar surface area (TPSA) is 78.0 Å². The number of nitrogens with one attached hydrogen (secondary N) is 3. The van der Waals surface area contributed by atoms with Gasteiger partial charge in [-0.3, -0.25) is 9.89 Å². The summed E-state index contributed by atoms with van der Waals surface area (Å²) in [5.41, 5.74) is -0.463. The van der Waals surface area contributed by atoms with Crippen LogP contribution in [0.4, 0.5) is 4.79 Å². The molecule has 3 N–H and O–H groups in total. The third-order valence-corrected chi connectivity index (χ3v) is 3.75. The molecule has 0 aromatic rings.